The van der Waals surface area contributed by atoms with E-state index in [-0.39, 0.29) is 75.9 Å². The molecule has 0 unspecified atom stereocenters. The van der Waals surface area contributed by atoms with Crippen molar-refractivity contribution in [2.45, 2.75) is 0 Å². The summed E-state index contributed by atoms with van der Waals surface area (Å²) in [5.74, 6) is 0. The van der Waals surface area contributed by atoms with E-state index in [1.807, 2.05) is 0 Å². The van der Waals surface area contributed by atoms with E-state index in [0.29, 0.717) is 0 Å². The van der Waals surface area contributed by atoms with Crippen LogP contribution >= 0.6 is 0 Å². The second-order valence-electron chi connectivity index (χ2n) is 0.346. The molecule has 2 radical (unpaired) electrons. The minimum atomic E-state index is -2.17. The standard InChI is InChI=1S/Al.BH3O3.Sc.Y.3H/c;2-1(3)4;;;;;/h;2-4H;;;;;. The summed E-state index contributed by atoms with van der Waals surface area (Å²) >= 11 is 0. The Hall–Kier alpha value is 2.45. The first kappa shape index (κ1) is 22.7. The Bertz CT molecular complexity index is 19.7. The molecule has 0 saturated carbocycles. The van der Waals surface area contributed by atoms with Crippen molar-refractivity contribution in [3.05, 3.63) is 0 Å². The first-order chi connectivity index (χ1) is 1.73. The molecule has 0 aliphatic carbocycles. The zero-order valence-corrected chi connectivity index (χ0v) is 7.72. The van der Waals surface area contributed by atoms with Gasteiger partial charge in [-0.25, -0.2) is 0 Å². The van der Waals surface area contributed by atoms with Crippen LogP contribution in [-0.4, -0.2) is 39.8 Å². The molecule has 0 fully saturated rings. The Morgan fingerprint density at radius 1 is 1.00 bits per heavy atom. The SMILES string of the molecule is OB(O)O.[AlH3].[Sc].[Y]. The Labute approximate surface area is 96.8 Å². The van der Waals surface area contributed by atoms with Crippen molar-refractivity contribution in [3.8, 4) is 0 Å². The van der Waals surface area contributed by atoms with Crippen LogP contribution in [0.5, 0.6) is 0 Å². The van der Waals surface area contributed by atoms with Gasteiger partial charge in [-0.3, -0.25) is 0 Å². The molecule has 0 aromatic heterocycles. The summed E-state index contributed by atoms with van der Waals surface area (Å²) in [7, 11) is -2.17. The quantitative estimate of drug-likeness (QED) is 0.380. The van der Waals surface area contributed by atoms with Crippen molar-refractivity contribution >= 4 is 24.7 Å². The van der Waals surface area contributed by atoms with Gasteiger partial charge in [0.05, 0.1) is 0 Å². The molecule has 0 saturated heterocycles. The van der Waals surface area contributed by atoms with Crippen molar-refractivity contribution in [2.24, 2.45) is 0 Å². The van der Waals surface area contributed by atoms with Crippen LogP contribution in [-0.2, 0) is 58.6 Å². The molecule has 0 bridgehead atoms. The topological polar surface area (TPSA) is 60.7 Å². The molecule has 0 aromatic carbocycles. The molecule has 7 heteroatoms. The van der Waals surface area contributed by atoms with Crippen LogP contribution in [0, 0.1) is 0 Å². The zero-order chi connectivity index (χ0) is 3.58. The molecule has 0 rings (SSSR count). The molecule has 3 nitrogen and oxygen atoms in total. The molecular formula is H6AlBO3ScY. The van der Waals surface area contributed by atoms with E-state index >= 15 is 0 Å². The van der Waals surface area contributed by atoms with Gasteiger partial charge in [0.1, 0.15) is 0 Å². The maximum Gasteiger partial charge on any atom is 0.631 e. The predicted octanol–water partition coefficient (Wildman–Crippen LogP) is -3.24. The first-order valence-electron chi connectivity index (χ1n) is 0.775. The normalized spacial score (nSPS) is 3.86. The van der Waals surface area contributed by atoms with Crippen molar-refractivity contribution in [1.82, 2.24) is 0 Å². The van der Waals surface area contributed by atoms with Gasteiger partial charge < -0.3 is 15.1 Å². The number of hydrogen-bond acceptors (Lipinski definition) is 3. The zero-order valence-electron chi connectivity index (χ0n) is 3.07. The van der Waals surface area contributed by atoms with Gasteiger partial charge in [-0.15, -0.1) is 0 Å². The minimum Gasteiger partial charge on any atom is -0.402 e. The largest absolute Gasteiger partial charge is 0.631 e. The molecule has 0 heterocycles. The molecular weight excluding hydrogens is 220 g/mol. The van der Waals surface area contributed by atoms with Gasteiger partial charge in [-0.1, -0.05) is 0 Å². The third-order valence-electron chi connectivity index (χ3n) is 0. The average molecular weight is 226 g/mol. The Morgan fingerprint density at radius 3 is 1.00 bits per heavy atom. The molecule has 0 spiro atoms. The number of hydrogen-bond donors (Lipinski definition) is 3. The Morgan fingerprint density at radius 2 is 1.00 bits per heavy atom. The van der Waals surface area contributed by atoms with Gasteiger partial charge in [-0.2, -0.15) is 0 Å². The van der Waals surface area contributed by atoms with E-state index in [4.69, 9.17) is 15.1 Å². The van der Waals surface area contributed by atoms with Crippen LogP contribution in [0.3, 0.4) is 0 Å². The molecule has 0 aliphatic heterocycles. The predicted molar refractivity (Wildman–Crippen MR) is 22.3 cm³/mol. The Balaban J connectivity index is -0.0000000150. The van der Waals surface area contributed by atoms with Crippen molar-refractivity contribution in [2.75, 3.05) is 0 Å². The third kappa shape index (κ3) is 58.5. The fraction of sp³-hybridized carbons (Fsp3) is 0. The van der Waals surface area contributed by atoms with Gasteiger partial charge >= 0.3 is 7.32 Å². The fourth-order valence-electron chi connectivity index (χ4n) is 0. The molecule has 0 aliphatic rings. The second-order valence-corrected chi connectivity index (χ2v) is 0.346. The summed E-state index contributed by atoms with van der Waals surface area (Å²) < 4.78 is 0. The van der Waals surface area contributed by atoms with Crippen LogP contribution in [0.15, 0.2) is 0 Å². The van der Waals surface area contributed by atoms with Crippen LogP contribution in [0.1, 0.15) is 0 Å². The van der Waals surface area contributed by atoms with Gasteiger partial charge in [0.15, 0.2) is 17.4 Å². The van der Waals surface area contributed by atoms with Crippen molar-refractivity contribution in [3.63, 3.8) is 0 Å². The summed E-state index contributed by atoms with van der Waals surface area (Å²) in [6, 6.07) is 0. The maximum absolute atomic E-state index is 7.17. The molecule has 7 heavy (non-hydrogen) atoms. The van der Waals surface area contributed by atoms with Gasteiger partial charge in [0, 0.05) is 58.6 Å². The van der Waals surface area contributed by atoms with Crippen LogP contribution in [0.2, 0.25) is 0 Å². The first-order valence-corrected chi connectivity index (χ1v) is 0.775. The van der Waals surface area contributed by atoms with E-state index < -0.39 is 7.32 Å². The summed E-state index contributed by atoms with van der Waals surface area (Å²) in [5, 5.41) is 21.5. The average Bonchev–Trinajstić information content (AvgIpc) is 0.811. The van der Waals surface area contributed by atoms with E-state index in [0.717, 1.165) is 0 Å². The van der Waals surface area contributed by atoms with E-state index in [9.17, 15) is 0 Å². The smallest absolute Gasteiger partial charge is 0.402 e. The minimum absolute atomic E-state index is 0. The molecule has 0 amide bonds. The Kier molecular flexibility index (Phi) is 51.2. The summed E-state index contributed by atoms with van der Waals surface area (Å²) in [5.41, 5.74) is 0. The van der Waals surface area contributed by atoms with Crippen LogP contribution < -0.4 is 0 Å². The van der Waals surface area contributed by atoms with Crippen molar-refractivity contribution < 1.29 is 73.6 Å². The third-order valence-corrected chi connectivity index (χ3v) is 0. The van der Waals surface area contributed by atoms with E-state index in [2.05, 4.69) is 0 Å². The van der Waals surface area contributed by atoms with Gasteiger partial charge in [-0.05, 0) is 0 Å². The maximum atomic E-state index is 7.17. The molecule has 36 valence electrons. The summed E-state index contributed by atoms with van der Waals surface area (Å²) in [4.78, 5) is 0. The summed E-state index contributed by atoms with van der Waals surface area (Å²) in [6.45, 7) is 0. The summed E-state index contributed by atoms with van der Waals surface area (Å²) in [6.07, 6.45) is 0. The molecule has 3 N–H and O–H groups in total. The molecule has 0 atom stereocenters. The number of rotatable bonds is 0. The second kappa shape index (κ2) is 15.8. The van der Waals surface area contributed by atoms with Crippen molar-refractivity contribution in [1.29, 1.82) is 0 Å². The van der Waals surface area contributed by atoms with Crippen LogP contribution in [0.4, 0.5) is 0 Å². The van der Waals surface area contributed by atoms with Gasteiger partial charge in [0.2, 0.25) is 0 Å². The molecule has 0 aromatic rings. The van der Waals surface area contributed by atoms with Gasteiger partial charge in [0.25, 0.3) is 0 Å². The van der Waals surface area contributed by atoms with Crippen LogP contribution in [0.25, 0.3) is 0 Å². The van der Waals surface area contributed by atoms with E-state index in [1.54, 1.807) is 0 Å². The van der Waals surface area contributed by atoms with E-state index in [1.165, 1.54) is 0 Å². The fourth-order valence-corrected chi connectivity index (χ4v) is 0. The monoisotopic (exact) mass is 226 g/mol.